The highest BCUT2D eigenvalue weighted by atomic mass is 16.6. The maximum absolute atomic E-state index is 5.35. The SMILES string of the molecule is Cc1ccc(CN(CC2CO2)C(C)(C)C)cc1. The van der Waals surface area contributed by atoms with Crippen molar-refractivity contribution in [3.63, 3.8) is 0 Å². The molecule has 0 aromatic heterocycles. The summed E-state index contributed by atoms with van der Waals surface area (Å²) in [5.41, 5.74) is 2.89. The first-order valence-electron chi connectivity index (χ1n) is 6.37. The second-order valence-electron chi connectivity index (χ2n) is 5.99. The lowest BCUT2D eigenvalue weighted by atomic mass is 10.0. The van der Waals surface area contributed by atoms with Crippen LogP contribution in [0.15, 0.2) is 24.3 Å². The van der Waals surface area contributed by atoms with Crippen LogP contribution in [0.4, 0.5) is 0 Å². The minimum Gasteiger partial charge on any atom is -0.372 e. The number of benzene rings is 1. The molecule has 0 spiro atoms. The summed E-state index contributed by atoms with van der Waals surface area (Å²) in [6, 6.07) is 8.82. The van der Waals surface area contributed by atoms with Crippen molar-refractivity contribution in [3.05, 3.63) is 35.4 Å². The van der Waals surface area contributed by atoms with E-state index in [0.29, 0.717) is 6.10 Å². The quantitative estimate of drug-likeness (QED) is 0.743. The Morgan fingerprint density at radius 3 is 2.29 bits per heavy atom. The average molecular weight is 233 g/mol. The predicted octanol–water partition coefficient (Wildman–Crippen LogP) is 2.99. The van der Waals surface area contributed by atoms with Crippen LogP contribution in [0.1, 0.15) is 31.9 Å². The third kappa shape index (κ3) is 3.83. The molecule has 0 radical (unpaired) electrons. The summed E-state index contributed by atoms with van der Waals surface area (Å²) >= 11 is 0. The van der Waals surface area contributed by atoms with Crippen LogP contribution in [-0.2, 0) is 11.3 Å². The number of hydrogen-bond donors (Lipinski definition) is 0. The lowest BCUT2D eigenvalue weighted by Gasteiger charge is -2.35. The Labute approximate surface area is 105 Å². The molecular weight excluding hydrogens is 210 g/mol. The third-order valence-electron chi connectivity index (χ3n) is 3.27. The predicted molar refractivity (Wildman–Crippen MR) is 71.1 cm³/mol. The summed E-state index contributed by atoms with van der Waals surface area (Å²) in [6.45, 7) is 11.9. The largest absolute Gasteiger partial charge is 0.372 e. The molecule has 1 atom stereocenters. The van der Waals surface area contributed by atoms with Crippen molar-refractivity contribution in [1.82, 2.24) is 4.90 Å². The van der Waals surface area contributed by atoms with Crippen molar-refractivity contribution < 1.29 is 4.74 Å². The second-order valence-corrected chi connectivity index (χ2v) is 5.99. The zero-order chi connectivity index (χ0) is 12.5. The lowest BCUT2D eigenvalue weighted by Crippen LogP contribution is -2.43. The van der Waals surface area contributed by atoms with Gasteiger partial charge in [-0.2, -0.15) is 0 Å². The van der Waals surface area contributed by atoms with E-state index in [4.69, 9.17) is 4.74 Å². The molecule has 1 saturated heterocycles. The first-order chi connectivity index (χ1) is 7.95. The molecule has 17 heavy (non-hydrogen) atoms. The van der Waals surface area contributed by atoms with Crippen LogP contribution in [0.5, 0.6) is 0 Å². The third-order valence-corrected chi connectivity index (χ3v) is 3.27. The summed E-state index contributed by atoms with van der Waals surface area (Å²) in [5.74, 6) is 0. The fourth-order valence-corrected chi connectivity index (χ4v) is 1.91. The van der Waals surface area contributed by atoms with Gasteiger partial charge in [0.25, 0.3) is 0 Å². The molecule has 0 bridgehead atoms. The molecule has 1 aromatic carbocycles. The Morgan fingerprint density at radius 1 is 1.24 bits per heavy atom. The van der Waals surface area contributed by atoms with Crippen molar-refractivity contribution in [2.45, 2.75) is 45.9 Å². The van der Waals surface area contributed by atoms with Crippen molar-refractivity contribution in [2.24, 2.45) is 0 Å². The van der Waals surface area contributed by atoms with Crippen molar-refractivity contribution in [1.29, 1.82) is 0 Å². The average Bonchev–Trinajstić information content (AvgIpc) is 3.03. The van der Waals surface area contributed by atoms with Gasteiger partial charge in [-0.15, -0.1) is 0 Å². The highest BCUT2D eigenvalue weighted by Crippen LogP contribution is 2.21. The van der Waals surface area contributed by atoms with E-state index in [2.05, 4.69) is 56.9 Å². The van der Waals surface area contributed by atoms with Crippen LogP contribution in [-0.4, -0.2) is 29.7 Å². The van der Waals surface area contributed by atoms with Gasteiger partial charge in [0, 0.05) is 18.6 Å². The van der Waals surface area contributed by atoms with Crippen LogP contribution in [0, 0.1) is 6.92 Å². The molecule has 0 N–H and O–H groups in total. The van der Waals surface area contributed by atoms with Crippen LogP contribution < -0.4 is 0 Å². The highest BCUT2D eigenvalue weighted by Gasteiger charge is 2.30. The molecule has 1 fully saturated rings. The Bertz CT molecular complexity index is 360. The summed E-state index contributed by atoms with van der Waals surface area (Å²) in [5, 5.41) is 0. The zero-order valence-corrected chi connectivity index (χ0v) is 11.4. The minimum absolute atomic E-state index is 0.191. The van der Waals surface area contributed by atoms with Crippen LogP contribution in [0.2, 0.25) is 0 Å². The molecule has 0 aliphatic carbocycles. The van der Waals surface area contributed by atoms with Crippen LogP contribution >= 0.6 is 0 Å². The standard InChI is InChI=1S/C15H23NO/c1-12-5-7-13(8-6-12)9-16(15(2,3)4)10-14-11-17-14/h5-8,14H,9-11H2,1-4H3. The number of epoxide rings is 1. The zero-order valence-electron chi connectivity index (χ0n) is 11.4. The van der Waals surface area contributed by atoms with Crippen molar-refractivity contribution in [2.75, 3.05) is 13.2 Å². The fraction of sp³-hybridized carbons (Fsp3) is 0.600. The summed E-state index contributed by atoms with van der Waals surface area (Å²) in [4.78, 5) is 2.50. The van der Waals surface area contributed by atoms with Gasteiger partial charge in [-0.1, -0.05) is 29.8 Å². The van der Waals surface area contributed by atoms with Gasteiger partial charge in [-0.05, 0) is 33.3 Å². The van der Waals surface area contributed by atoms with E-state index in [1.54, 1.807) is 0 Å². The molecule has 2 nitrogen and oxygen atoms in total. The van der Waals surface area contributed by atoms with Crippen molar-refractivity contribution >= 4 is 0 Å². The van der Waals surface area contributed by atoms with E-state index in [-0.39, 0.29) is 5.54 Å². The van der Waals surface area contributed by atoms with E-state index in [0.717, 1.165) is 19.7 Å². The molecule has 2 rings (SSSR count). The van der Waals surface area contributed by atoms with Crippen molar-refractivity contribution in [3.8, 4) is 0 Å². The minimum atomic E-state index is 0.191. The number of nitrogens with zero attached hydrogens (tertiary/aromatic N) is 1. The molecule has 2 heteroatoms. The van der Waals surface area contributed by atoms with Gasteiger partial charge in [-0.25, -0.2) is 0 Å². The molecular formula is C15H23NO. The van der Waals surface area contributed by atoms with Gasteiger partial charge in [0.15, 0.2) is 0 Å². The van der Waals surface area contributed by atoms with Gasteiger partial charge < -0.3 is 4.74 Å². The fourth-order valence-electron chi connectivity index (χ4n) is 1.91. The van der Waals surface area contributed by atoms with Crippen LogP contribution in [0.25, 0.3) is 0 Å². The van der Waals surface area contributed by atoms with Crippen LogP contribution in [0.3, 0.4) is 0 Å². The molecule has 1 unspecified atom stereocenters. The topological polar surface area (TPSA) is 15.8 Å². The van der Waals surface area contributed by atoms with Gasteiger partial charge in [0.1, 0.15) is 0 Å². The molecule has 1 aromatic rings. The monoisotopic (exact) mass is 233 g/mol. The highest BCUT2D eigenvalue weighted by molar-refractivity contribution is 5.21. The normalized spacial score (nSPS) is 19.7. The molecule has 94 valence electrons. The maximum Gasteiger partial charge on any atom is 0.0936 e. The lowest BCUT2D eigenvalue weighted by molar-refractivity contribution is 0.116. The Hall–Kier alpha value is -0.860. The summed E-state index contributed by atoms with van der Waals surface area (Å²) in [7, 11) is 0. The molecule has 1 heterocycles. The Balaban J connectivity index is 2.03. The maximum atomic E-state index is 5.35. The number of ether oxygens (including phenoxy) is 1. The number of aryl methyl sites for hydroxylation is 1. The van der Waals surface area contributed by atoms with E-state index in [1.807, 2.05) is 0 Å². The van der Waals surface area contributed by atoms with Gasteiger partial charge in [0.2, 0.25) is 0 Å². The van der Waals surface area contributed by atoms with E-state index >= 15 is 0 Å². The first-order valence-corrected chi connectivity index (χ1v) is 6.37. The smallest absolute Gasteiger partial charge is 0.0936 e. The van der Waals surface area contributed by atoms with Gasteiger partial charge >= 0.3 is 0 Å². The summed E-state index contributed by atoms with van der Waals surface area (Å²) < 4.78 is 5.35. The first kappa shape index (κ1) is 12.6. The van der Waals surface area contributed by atoms with Gasteiger partial charge in [-0.3, -0.25) is 4.90 Å². The van der Waals surface area contributed by atoms with E-state index in [1.165, 1.54) is 11.1 Å². The van der Waals surface area contributed by atoms with E-state index < -0.39 is 0 Å². The van der Waals surface area contributed by atoms with E-state index in [9.17, 15) is 0 Å². The number of rotatable bonds is 4. The molecule has 1 aliphatic rings. The molecule has 0 saturated carbocycles. The molecule has 0 amide bonds. The Kier molecular flexibility index (Phi) is 3.55. The van der Waals surface area contributed by atoms with Gasteiger partial charge in [0.05, 0.1) is 12.7 Å². The second kappa shape index (κ2) is 4.79. The molecule has 1 aliphatic heterocycles. The Morgan fingerprint density at radius 2 is 1.82 bits per heavy atom. The number of hydrogen-bond acceptors (Lipinski definition) is 2. The summed E-state index contributed by atoms with van der Waals surface area (Å²) in [6.07, 6.45) is 0.458.